The van der Waals surface area contributed by atoms with E-state index in [0.717, 1.165) is 6.42 Å². The number of rotatable bonds is 0. The Morgan fingerprint density at radius 1 is 0.727 bits per heavy atom. The Morgan fingerprint density at radius 3 is 2.41 bits per heavy atom. The third-order valence-corrected chi connectivity index (χ3v) is 4.94. The fourth-order valence-corrected chi connectivity index (χ4v) is 3.81. The molecular formula is C21H23N. The van der Waals surface area contributed by atoms with Gasteiger partial charge >= 0.3 is 0 Å². The molecule has 1 aromatic heterocycles. The minimum Gasteiger partial charge on any atom is -0.253 e. The van der Waals surface area contributed by atoms with E-state index >= 15 is 0 Å². The van der Waals surface area contributed by atoms with Gasteiger partial charge in [-0.1, -0.05) is 56.0 Å². The zero-order valence-electron chi connectivity index (χ0n) is 13.1. The number of hydrogen-bond donors (Lipinski definition) is 0. The van der Waals surface area contributed by atoms with Crippen LogP contribution in [0, 0.1) is 0 Å². The van der Waals surface area contributed by atoms with Crippen LogP contribution in [0.15, 0.2) is 42.5 Å². The van der Waals surface area contributed by atoms with E-state index < -0.39 is 0 Å². The highest BCUT2D eigenvalue weighted by molar-refractivity contribution is 6.02. The Bertz CT molecular complexity index is 759. The first kappa shape index (κ1) is 13.8. The van der Waals surface area contributed by atoms with E-state index in [1.54, 1.807) is 0 Å². The van der Waals surface area contributed by atoms with Gasteiger partial charge < -0.3 is 0 Å². The molecule has 0 saturated carbocycles. The Hall–Kier alpha value is -1.89. The maximum absolute atomic E-state index is 4.97. The van der Waals surface area contributed by atoms with Crippen LogP contribution < -0.4 is 0 Å². The third kappa shape index (κ3) is 2.61. The average molecular weight is 289 g/mol. The first-order chi connectivity index (χ1) is 10.9. The van der Waals surface area contributed by atoms with E-state index in [4.69, 9.17) is 4.98 Å². The van der Waals surface area contributed by atoms with Crippen molar-refractivity contribution in [1.29, 1.82) is 0 Å². The molecule has 0 amide bonds. The maximum Gasteiger partial charge on any atom is 0.0720 e. The minimum atomic E-state index is 1.14. The van der Waals surface area contributed by atoms with Gasteiger partial charge in [-0.2, -0.15) is 0 Å². The van der Waals surface area contributed by atoms with Gasteiger partial charge in [0.05, 0.1) is 5.52 Å². The lowest BCUT2D eigenvalue weighted by molar-refractivity contribution is 0.597. The summed E-state index contributed by atoms with van der Waals surface area (Å²) in [5.41, 5.74) is 6.70. The van der Waals surface area contributed by atoms with Crippen molar-refractivity contribution in [2.75, 3.05) is 0 Å². The lowest BCUT2D eigenvalue weighted by Crippen LogP contribution is -1.95. The lowest BCUT2D eigenvalue weighted by Gasteiger charge is -2.08. The normalized spacial score (nSPS) is 16.5. The Balaban J connectivity index is 1.90. The molecule has 1 aromatic rings. The number of aromatic nitrogens is 1. The molecule has 0 aliphatic heterocycles. The summed E-state index contributed by atoms with van der Waals surface area (Å²) >= 11 is 0. The topological polar surface area (TPSA) is 12.9 Å². The van der Waals surface area contributed by atoms with Gasteiger partial charge in [-0.05, 0) is 54.5 Å². The summed E-state index contributed by atoms with van der Waals surface area (Å²) in [7, 11) is 0. The van der Waals surface area contributed by atoms with Gasteiger partial charge in [0, 0.05) is 11.1 Å². The van der Waals surface area contributed by atoms with E-state index in [1.807, 2.05) is 0 Å². The second-order valence-corrected chi connectivity index (χ2v) is 6.58. The summed E-state index contributed by atoms with van der Waals surface area (Å²) in [6.07, 6.45) is 10.4. The molecule has 0 unspecified atom stereocenters. The highest BCUT2D eigenvalue weighted by Gasteiger charge is 2.15. The van der Waals surface area contributed by atoms with Crippen LogP contribution in [-0.4, -0.2) is 4.98 Å². The Labute approximate surface area is 132 Å². The molecule has 112 valence electrons. The number of fused-ring (bicyclic) bond motifs is 6. The molecule has 3 aliphatic carbocycles. The van der Waals surface area contributed by atoms with Crippen molar-refractivity contribution in [3.05, 3.63) is 53.7 Å². The first-order valence-corrected chi connectivity index (χ1v) is 8.72. The van der Waals surface area contributed by atoms with Crippen molar-refractivity contribution < 1.29 is 0 Å². The van der Waals surface area contributed by atoms with Crippen LogP contribution in [-0.2, 0) is 12.8 Å². The molecule has 0 atom stereocenters. The van der Waals surface area contributed by atoms with Crippen LogP contribution in [0.5, 0.6) is 0 Å². The monoisotopic (exact) mass is 289 g/mol. The van der Waals surface area contributed by atoms with Gasteiger partial charge in [0.25, 0.3) is 0 Å². The molecule has 1 heterocycles. The van der Waals surface area contributed by atoms with Crippen molar-refractivity contribution in [2.45, 2.75) is 51.4 Å². The van der Waals surface area contributed by atoms with Crippen molar-refractivity contribution in [3.8, 4) is 11.1 Å². The summed E-state index contributed by atoms with van der Waals surface area (Å²) in [6.45, 7) is 0. The second kappa shape index (κ2) is 6.08. The van der Waals surface area contributed by atoms with Gasteiger partial charge in [0.1, 0.15) is 0 Å². The standard InChI is InChI=1S/C21H23N/c1-2-4-8-12-18-14-17(11-6-3-1)21-19-13-9-5-7-10-16(19)15-20(21)22-18/h5,7,9-10,13-15H,1-4,6,8,11-12H2. The molecule has 4 rings (SSSR count). The summed E-state index contributed by atoms with van der Waals surface area (Å²) in [6, 6.07) is 15.5. The van der Waals surface area contributed by atoms with Gasteiger partial charge in [0.15, 0.2) is 0 Å². The molecule has 0 N–H and O–H groups in total. The van der Waals surface area contributed by atoms with Crippen LogP contribution in [0.25, 0.3) is 22.0 Å². The van der Waals surface area contributed by atoms with Gasteiger partial charge in [-0.15, -0.1) is 0 Å². The molecule has 2 bridgehead atoms. The molecular weight excluding hydrogens is 266 g/mol. The lowest BCUT2D eigenvalue weighted by atomic mass is 10.0. The van der Waals surface area contributed by atoms with E-state index in [0.29, 0.717) is 0 Å². The van der Waals surface area contributed by atoms with Crippen LogP contribution >= 0.6 is 0 Å². The number of hydrogen-bond acceptors (Lipinski definition) is 1. The van der Waals surface area contributed by atoms with Crippen LogP contribution in [0.4, 0.5) is 0 Å². The molecule has 22 heavy (non-hydrogen) atoms. The highest BCUT2D eigenvalue weighted by Crippen LogP contribution is 2.36. The fourth-order valence-electron chi connectivity index (χ4n) is 3.81. The van der Waals surface area contributed by atoms with Crippen molar-refractivity contribution in [3.63, 3.8) is 0 Å². The molecule has 3 aliphatic rings. The highest BCUT2D eigenvalue weighted by atomic mass is 14.7. The minimum absolute atomic E-state index is 1.14. The molecule has 1 heteroatoms. The number of pyridine rings is 1. The first-order valence-electron chi connectivity index (χ1n) is 8.72. The van der Waals surface area contributed by atoms with E-state index in [2.05, 4.69) is 42.5 Å². The smallest absolute Gasteiger partial charge is 0.0720 e. The van der Waals surface area contributed by atoms with E-state index in [-0.39, 0.29) is 0 Å². The summed E-state index contributed by atoms with van der Waals surface area (Å²) < 4.78 is 0. The predicted octanol–water partition coefficient (Wildman–Crippen LogP) is 5.78. The van der Waals surface area contributed by atoms with E-state index in [9.17, 15) is 0 Å². The van der Waals surface area contributed by atoms with E-state index in [1.165, 1.54) is 78.2 Å². The molecule has 1 nitrogen and oxygen atoms in total. The summed E-state index contributed by atoms with van der Waals surface area (Å²) in [4.78, 5) is 4.97. The van der Waals surface area contributed by atoms with Gasteiger partial charge in [-0.25, -0.2) is 0 Å². The zero-order chi connectivity index (χ0) is 14.8. The van der Waals surface area contributed by atoms with Crippen LogP contribution in [0.2, 0.25) is 0 Å². The Morgan fingerprint density at radius 2 is 1.50 bits per heavy atom. The molecule has 0 saturated heterocycles. The second-order valence-electron chi connectivity index (χ2n) is 6.58. The van der Waals surface area contributed by atoms with Gasteiger partial charge in [0.2, 0.25) is 0 Å². The van der Waals surface area contributed by atoms with Crippen molar-refractivity contribution in [2.24, 2.45) is 0 Å². The Kier molecular flexibility index (Phi) is 3.80. The molecule has 0 radical (unpaired) electrons. The average Bonchev–Trinajstić information content (AvgIpc) is 2.70. The predicted molar refractivity (Wildman–Crippen MR) is 93.5 cm³/mol. The van der Waals surface area contributed by atoms with Crippen LogP contribution in [0.3, 0.4) is 0 Å². The fraction of sp³-hybridized carbons (Fsp3) is 0.381. The van der Waals surface area contributed by atoms with Crippen LogP contribution in [0.1, 0.15) is 49.8 Å². The molecule has 0 aromatic carbocycles. The maximum atomic E-state index is 4.97. The molecule has 0 spiro atoms. The van der Waals surface area contributed by atoms with Crippen molar-refractivity contribution >= 4 is 10.9 Å². The third-order valence-electron chi connectivity index (χ3n) is 4.94. The number of aryl methyl sites for hydroxylation is 2. The van der Waals surface area contributed by atoms with Crippen molar-refractivity contribution in [1.82, 2.24) is 4.98 Å². The summed E-state index contributed by atoms with van der Waals surface area (Å²) in [5.74, 6) is 0. The number of nitrogens with zero attached hydrogens (tertiary/aromatic N) is 1. The quantitative estimate of drug-likeness (QED) is 0.511. The largest absolute Gasteiger partial charge is 0.253 e. The molecule has 0 fully saturated rings. The SMILES string of the molecule is c1ccc2cc3nc4cc(c3c-2cc1)CCCCCCCC4. The zero-order valence-corrected chi connectivity index (χ0v) is 13.1. The van der Waals surface area contributed by atoms with Gasteiger partial charge in [-0.3, -0.25) is 4.98 Å². The summed E-state index contributed by atoms with van der Waals surface area (Å²) in [5, 5.41) is 1.40.